The summed E-state index contributed by atoms with van der Waals surface area (Å²) in [4.78, 5) is 12.5. The third-order valence-corrected chi connectivity index (χ3v) is 3.92. The largest absolute Gasteiger partial charge is 0.388 e. The number of hydrogen-bond acceptors (Lipinski definition) is 3. The van der Waals surface area contributed by atoms with Gasteiger partial charge < -0.3 is 10.4 Å². The molecule has 20 heavy (non-hydrogen) atoms. The summed E-state index contributed by atoms with van der Waals surface area (Å²) in [5.41, 5.74) is 0.458. The number of nitrogens with one attached hydrogen (secondary N) is 1. The maximum Gasteiger partial charge on any atom is 0.220 e. The Morgan fingerprint density at radius 1 is 1.30 bits per heavy atom. The number of carbonyl (C=O) groups is 1. The average Bonchev–Trinajstić information content (AvgIpc) is 2.98. The van der Waals surface area contributed by atoms with Crippen molar-refractivity contribution in [2.24, 2.45) is 0 Å². The van der Waals surface area contributed by atoms with E-state index in [-0.39, 0.29) is 24.7 Å². The predicted molar refractivity (Wildman–Crippen MR) is 76.8 cm³/mol. The molecule has 0 aliphatic heterocycles. The fourth-order valence-corrected chi connectivity index (χ4v) is 2.56. The van der Waals surface area contributed by atoms with Gasteiger partial charge in [0.15, 0.2) is 0 Å². The first-order valence-corrected chi connectivity index (χ1v) is 7.26. The molecule has 1 aromatic carbocycles. The maximum absolute atomic E-state index is 13.4. The zero-order chi connectivity index (χ0) is 14.4. The van der Waals surface area contributed by atoms with Crippen molar-refractivity contribution in [3.8, 4) is 0 Å². The molecule has 2 rings (SSSR count). The van der Waals surface area contributed by atoms with Crippen LogP contribution in [0.25, 0.3) is 0 Å². The second-order valence-corrected chi connectivity index (χ2v) is 5.42. The van der Waals surface area contributed by atoms with Gasteiger partial charge in [0.05, 0.1) is 6.10 Å². The van der Waals surface area contributed by atoms with Gasteiger partial charge in [-0.05, 0) is 23.9 Å². The van der Waals surface area contributed by atoms with E-state index >= 15 is 0 Å². The van der Waals surface area contributed by atoms with Gasteiger partial charge >= 0.3 is 0 Å². The molecule has 1 heterocycles. The fraction of sp³-hybridized carbons (Fsp3) is 0.267. The number of aliphatic hydroxyl groups is 1. The van der Waals surface area contributed by atoms with Gasteiger partial charge in [0.2, 0.25) is 5.91 Å². The highest BCUT2D eigenvalue weighted by molar-refractivity contribution is 7.10. The molecule has 0 aliphatic rings. The van der Waals surface area contributed by atoms with Crippen LogP contribution in [0.4, 0.5) is 4.39 Å². The van der Waals surface area contributed by atoms with E-state index in [1.165, 1.54) is 17.4 Å². The van der Waals surface area contributed by atoms with E-state index in [1.54, 1.807) is 18.2 Å². The lowest BCUT2D eigenvalue weighted by Gasteiger charge is -2.09. The first-order chi connectivity index (χ1) is 9.66. The Balaban J connectivity index is 1.75. The average molecular weight is 293 g/mol. The van der Waals surface area contributed by atoms with Gasteiger partial charge in [-0.15, -0.1) is 11.3 Å². The van der Waals surface area contributed by atoms with Crippen LogP contribution in [0.3, 0.4) is 0 Å². The molecule has 0 fully saturated rings. The molecular formula is C15H16FNO2S. The van der Waals surface area contributed by atoms with Crippen LogP contribution in [0.1, 0.15) is 29.4 Å². The number of thiophene rings is 1. The summed E-state index contributed by atoms with van der Waals surface area (Å²) >= 11 is 1.46. The van der Waals surface area contributed by atoms with Crippen LogP contribution in [0.5, 0.6) is 0 Å². The van der Waals surface area contributed by atoms with E-state index in [0.29, 0.717) is 12.0 Å². The highest BCUT2D eigenvalue weighted by atomic mass is 32.1. The highest BCUT2D eigenvalue weighted by Crippen LogP contribution is 2.22. The SMILES string of the molecule is O=C(CC[C@@H](O)c1cccs1)NCc1ccccc1F. The summed E-state index contributed by atoms with van der Waals surface area (Å²) in [7, 11) is 0. The van der Waals surface area contributed by atoms with Gasteiger partial charge in [-0.25, -0.2) is 4.39 Å². The molecule has 1 atom stereocenters. The third-order valence-electron chi connectivity index (χ3n) is 2.95. The molecule has 0 radical (unpaired) electrons. The number of halogens is 1. The summed E-state index contributed by atoms with van der Waals surface area (Å²) in [6.45, 7) is 0.167. The highest BCUT2D eigenvalue weighted by Gasteiger charge is 2.11. The summed E-state index contributed by atoms with van der Waals surface area (Å²) in [5.74, 6) is -0.518. The fourth-order valence-electron chi connectivity index (χ4n) is 1.81. The van der Waals surface area contributed by atoms with Gasteiger partial charge in [-0.1, -0.05) is 24.3 Å². The van der Waals surface area contributed by atoms with E-state index in [9.17, 15) is 14.3 Å². The van der Waals surface area contributed by atoms with Crippen molar-refractivity contribution in [3.63, 3.8) is 0 Å². The lowest BCUT2D eigenvalue weighted by Crippen LogP contribution is -2.23. The second-order valence-electron chi connectivity index (χ2n) is 4.44. The van der Waals surface area contributed by atoms with Gasteiger partial charge in [0.1, 0.15) is 5.82 Å². The molecule has 0 saturated carbocycles. The first-order valence-electron chi connectivity index (χ1n) is 6.38. The summed E-state index contributed by atoms with van der Waals surface area (Å²) < 4.78 is 13.4. The quantitative estimate of drug-likeness (QED) is 0.860. The molecule has 0 bridgehead atoms. The zero-order valence-corrected chi connectivity index (χ0v) is 11.7. The number of hydrogen-bond donors (Lipinski definition) is 2. The van der Waals surface area contributed by atoms with Gasteiger partial charge in [-0.2, -0.15) is 0 Å². The maximum atomic E-state index is 13.4. The van der Waals surface area contributed by atoms with Gasteiger partial charge in [0, 0.05) is 23.4 Å². The Morgan fingerprint density at radius 3 is 2.80 bits per heavy atom. The normalized spacial score (nSPS) is 12.1. The third kappa shape index (κ3) is 4.15. The minimum Gasteiger partial charge on any atom is -0.388 e. The number of amides is 1. The first kappa shape index (κ1) is 14.7. The molecule has 0 aliphatic carbocycles. The molecule has 0 saturated heterocycles. The number of benzene rings is 1. The number of carbonyl (C=O) groups excluding carboxylic acids is 1. The van der Waals surface area contributed by atoms with Crippen LogP contribution in [-0.2, 0) is 11.3 Å². The Morgan fingerprint density at radius 2 is 2.10 bits per heavy atom. The van der Waals surface area contributed by atoms with Crippen molar-refractivity contribution in [2.45, 2.75) is 25.5 Å². The topological polar surface area (TPSA) is 49.3 Å². The van der Waals surface area contributed by atoms with E-state index in [1.807, 2.05) is 17.5 Å². The molecule has 5 heteroatoms. The van der Waals surface area contributed by atoms with Crippen molar-refractivity contribution < 1.29 is 14.3 Å². The number of rotatable bonds is 6. The number of aliphatic hydroxyl groups excluding tert-OH is 1. The molecule has 1 aromatic heterocycles. The molecule has 3 nitrogen and oxygen atoms in total. The lowest BCUT2D eigenvalue weighted by atomic mass is 10.1. The summed E-state index contributed by atoms with van der Waals surface area (Å²) in [5, 5.41) is 14.4. The zero-order valence-electron chi connectivity index (χ0n) is 10.9. The minimum absolute atomic E-state index is 0.167. The Kier molecular flexibility index (Phi) is 5.26. The second kappa shape index (κ2) is 7.17. The molecule has 1 amide bonds. The molecule has 106 valence electrons. The standard InChI is InChI=1S/C15H16FNO2S/c16-12-5-2-1-4-11(12)10-17-15(19)8-7-13(18)14-6-3-9-20-14/h1-6,9,13,18H,7-8,10H2,(H,17,19)/t13-/m1/s1. The molecular weight excluding hydrogens is 277 g/mol. The van der Waals surface area contributed by atoms with Crippen molar-refractivity contribution in [3.05, 3.63) is 58.0 Å². The molecule has 0 unspecified atom stereocenters. The van der Waals surface area contributed by atoms with Crippen LogP contribution in [0.2, 0.25) is 0 Å². The molecule has 0 spiro atoms. The van der Waals surface area contributed by atoms with Crippen LogP contribution < -0.4 is 5.32 Å². The molecule has 2 aromatic rings. The van der Waals surface area contributed by atoms with E-state index < -0.39 is 6.10 Å². The van der Waals surface area contributed by atoms with Crippen molar-refractivity contribution in [1.29, 1.82) is 0 Å². The Labute approximate surface area is 121 Å². The van der Waals surface area contributed by atoms with Crippen LogP contribution in [-0.4, -0.2) is 11.0 Å². The minimum atomic E-state index is -0.616. The van der Waals surface area contributed by atoms with E-state index in [4.69, 9.17) is 0 Å². The Bertz CT molecular complexity index is 557. The van der Waals surface area contributed by atoms with Crippen molar-refractivity contribution >= 4 is 17.2 Å². The van der Waals surface area contributed by atoms with E-state index in [2.05, 4.69) is 5.32 Å². The van der Waals surface area contributed by atoms with E-state index in [0.717, 1.165) is 4.88 Å². The van der Waals surface area contributed by atoms with Gasteiger partial charge in [0.25, 0.3) is 0 Å². The summed E-state index contributed by atoms with van der Waals surface area (Å²) in [6.07, 6.45) is -0.0360. The van der Waals surface area contributed by atoms with Crippen molar-refractivity contribution in [1.82, 2.24) is 5.32 Å². The summed E-state index contributed by atoms with van der Waals surface area (Å²) in [6, 6.07) is 10.0. The smallest absolute Gasteiger partial charge is 0.220 e. The molecule has 2 N–H and O–H groups in total. The van der Waals surface area contributed by atoms with Gasteiger partial charge in [-0.3, -0.25) is 4.79 Å². The van der Waals surface area contributed by atoms with Crippen LogP contribution in [0.15, 0.2) is 41.8 Å². The Hall–Kier alpha value is -1.72. The van der Waals surface area contributed by atoms with Crippen molar-refractivity contribution in [2.75, 3.05) is 0 Å². The lowest BCUT2D eigenvalue weighted by molar-refractivity contribution is -0.121. The predicted octanol–water partition coefficient (Wildman–Crippen LogP) is 3.02. The van der Waals surface area contributed by atoms with Crippen LogP contribution in [0, 0.1) is 5.82 Å². The van der Waals surface area contributed by atoms with Crippen LogP contribution >= 0.6 is 11.3 Å². The monoisotopic (exact) mass is 293 g/mol.